The fourth-order valence-corrected chi connectivity index (χ4v) is 3.02. The van der Waals surface area contributed by atoms with E-state index in [9.17, 15) is 0 Å². The van der Waals surface area contributed by atoms with Crippen LogP contribution in [0.5, 0.6) is 0 Å². The topological polar surface area (TPSA) is 43.8 Å². The molecule has 2 N–H and O–H groups in total. The highest BCUT2D eigenvalue weighted by Crippen LogP contribution is 2.23. The van der Waals surface area contributed by atoms with Gasteiger partial charge in [-0.1, -0.05) is 6.07 Å². The minimum absolute atomic E-state index is 0.585. The molecule has 0 unspecified atom stereocenters. The molecule has 92 valence electrons. The lowest BCUT2D eigenvalue weighted by molar-refractivity contribution is 0.852. The number of benzene rings is 1. The maximum atomic E-state index is 6.01. The highest BCUT2D eigenvalue weighted by Gasteiger charge is 2.09. The first-order chi connectivity index (χ1) is 8.63. The van der Waals surface area contributed by atoms with Crippen LogP contribution in [0.4, 0.5) is 5.95 Å². The van der Waals surface area contributed by atoms with Crippen LogP contribution in [0.2, 0.25) is 0 Å². The summed E-state index contributed by atoms with van der Waals surface area (Å²) in [7, 11) is 0. The predicted molar refractivity (Wildman–Crippen MR) is 77.0 cm³/mol. The number of anilines is 1. The Morgan fingerprint density at radius 2 is 2.06 bits per heavy atom. The molecule has 3 nitrogen and oxygen atoms in total. The number of nitrogens with two attached hydrogens (primary N) is 1. The Morgan fingerprint density at radius 3 is 2.78 bits per heavy atom. The number of hydrogen-bond acceptors (Lipinski definition) is 3. The lowest BCUT2D eigenvalue weighted by atomic mass is 10.2. The molecule has 0 atom stereocenters. The number of rotatable bonds is 2. The zero-order valence-electron chi connectivity index (χ0n) is 10.5. The summed E-state index contributed by atoms with van der Waals surface area (Å²) in [4.78, 5) is 7.03. The second kappa shape index (κ2) is 4.14. The minimum atomic E-state index is 0.585. The van der Waals surface area contributed by atoms with E-state index in [2.05, 4.69) is 47.7 Å². The maximum Gasteiger partial charge on any atom is 0.201 e. The van der Waals surface area contributed by atoms with Crippen molar-refractivity contribution in [2.45, 2.75) is 20.4 Å². The molecule has 0 saturated carbocycles. The van der Waals surface area contributed by atoms with Gasteiger partial charge in [0, 0.05) is 9.75 Å². The van der Waals surface area contributed by atoms with E-state index in [4.69, 9.17) is 5.73 Å². The van der Waals surface area contributed by atoms with E-state index in [0.717, 1.165) is 17.6 Å². The number of nitrogens with zero attached hydrogens (tertiary/aromatic N) is 2. The first kappa shape index (κ1) is 11.3. The zero-order chi connectivity index (χ0) is 12.7. The average molecular weight is 257 g/mol. The lowest BCUT2D eigenvalue weighted by Crippen LogP contribution is -2.03. The van der Waals surface area contributed by atoms with E-state index < -0.39 is 0 Å². The van der Waals surface area contributed by atoms with Gasteiger partial charge in [0.05, 0.1) is 17.6 Å². The van der Waals surface area contributed by atoms with Gasteiger partial charge >= 0.3 is 0 Å². The Kier molecular flexibility index (Phi) is 2.59. The minimum Gasteiger partial charge on any atom is -0.369 e. The molecule has 0 fully saturated rings. The maximum absolute atomic E-state index is 6.01. The van der Waals surface area contributed by atoms with E-state index in [0.29, 0.717) is 5.95 Å². The molecular weight excluding hydrogens is 242 g/mol. The van der Waals surface area contributed by atoms with Gasteiger partial charge in [0.25, 0.3) is 0 Å². The van der Waals surface area contributed by atoms with Crippen molar-refractivity contribution in [3.8, 4) is 0 Å². The average Bonchev–Trinajstić information content (AvgIpc) is 2.86. The number of aryl methyl sites for hydroxylation is 2. The van der Waals surface area contributed by atoms with Gasteiger partial charge < -0.3 is 10.3 Å². The number of fused-ring (bicyclic) bond motifs is 1. The fourth-order valence-electron chi connectivity index (χ4n) is 2.14. The van der Waals surface area contributed by atoms with Crippen LogP contribution in [0.3, 0.4) is 0 Å². The standard InChI is InChI=1S/C14H15N3S/c1-9-3-6-12-13(7-9)17(14(15)16-12)8-11-5-4-10(2)18-11/h3-7H,8H2,1-2H3,(H2,15,16). The van der Waals surface area contributed by atoms with Crippen LogP contribution < -0.4 is 5.73 Å². The van der Waals surface area contributed by atoms with Gasteiger partial charge in [-0.25, -0.2) is 4.98 Å². The molecular formula is C14H15N3S. The van der Waals surface area contributed by atoms with Crippen molar-refractivity contribution in [3.05, 3.63) is 45.6 Å². The van der Waals surface area contributed by atoms with Crippen LogP contribution >= 0.6 is 11.3 Å². The number of imidazole rings is 1. The molecule has 3 rings (SSSR count). The molecule has 0 saturated heterocycles. The Hall–Kier alpha value is -1.81. The summed E-state index contributed by atoms with van der Waals surface area (Å²) in [6.45, 7) is 5.00. The molecule has 0 aliphatic rings. The molecule has 18 heavy (non-hydrogen) atoms. The van der Waals surface area contributed by atoms with Crippen LogP contribution in [0.25, 0.3) is 11.0 Å². The van der Waals surface area contributed by atoms with Crippen molar-refractivity contribution >= 4 is 28.3 Å². The second-order valence-electron chi connectivity index (χ2n) is 4.56. The van der Waals surface area contributed by atoms with Crippen LogP contribution in [0, 0.1) is 13.8 Å². The third kappa shape index (κ3) is 1.88. The van der Waals surface area contributed by atoms with E-state index in [1.807, 2.05) is 6.07 Å². The highest BCUT2D eigenvalue weighted by atomic mass is 32.1. The van der Waals surface area contributed by atoms with E-state index >= 15 is 0 Å². The van der Waals surface area contributed by atoms with E-state index in [1.165, 1.54) is 15.3 Å². The van der Waals surface area contributed by atoms with Gasteiger partial charge in [0.2, 0.25) is 5.95 Å². The monoisotopic (exact) mass is 257 g/mol. The largest absolute Gasteiger partial charge is 0.369 e. The van der Waals surface area contributed by atoms with Crippen molar-refractivity contribution in [2.24, 2.45) is 0 Å². The normalized spacial score (nSPS) is 11.2. The Morgan fingerprint density at radius 1 is 1.22 bits per heavy atom. The fraction of sp³-hybridized carbons (Fsp3) is 0.214. The summed E-state index contributed by atoms with van der Waals surface area (Å²) in [5.74, 6) is 0.585. The summed E-state index contributed by atoms with van der Waals surface area (Å²) >= 11 is 1.80. The number of thiophene rings is 1. The Bertz CT molecular complexity index is 709. The smallest absolute Gasteiger partial charge is 0.201 e. The zero-order valence-corrected chi connectivity index (χ0v) is 11.3. The van der Waals surface area contributed by atoms with E-state index in [1.54, 1.807) is 11.3 Å². The summed E-state index contributed by atoms with van der Waals surface area (Å²) in [6, 6.07) is 10.5. The van der Waals surface area contributed by atoms with Crippen molar-refractivity contribution < 1.29 is 0 Å². The van der Waals surface area contributed by atoms with Crippen molar-refractivity contribution in [1.29, 1.82) is 0 Å². The molecule has 0 bridgehead atoms. The quantitative estimate of drug-likeness (QED) is 0.765. The summed E-state index contributed by atoms with van der Waals surface area (Å²) in [5, 5.41) is 0. The molecule has 0 aliphatic carbocycles. The SMILES string of the molecule is Cc1ccc2nc(N)n(Cc3ccc(C)s3)c2c1. The Balaban J connectivity index is 2.10. The van der Waals surface area contributed by atoms with Crippen LogP contribution in [0.1, 0.15) is 15.3 Å². The van der Waals surface area contributed by atoms with Crippen LogP contribution in [0.15, 0.2) is 30.3 Å². The molecule has 2 aromatic heterocycles. The summed E-state index contributed by atoms with van der Waals surface area (Å²) < 4.78 is 2.08. The predicted octanol–water partition coefficient (Wildman–Crippen LogP) is 3.35. The lowest BCUT2D eigenvalue weighted by Gasteiger charge is -2.04. The van der Waals surface area contributed by atoms with Crippen molar-refractivity contribution in [1.82, 2.24) is 9.55 Å². The van der Waals surface area contributed by atoms with Crippen LogP contribution in [-0.2, 0) is 6.54 Å². The molecule has 1 aromatic carbocycles. The van der Waals surface area contributed by atoms with Crippen LogP contribution in [-0.4, -0.2) is 9.55 Å². The van der Waals surface area contributed by atoms with Gasteiger partial charge in [-0.05, 0) is 43.7 Å². The molecule has 2 heterocycles. The van der Waals surface area contributed by atoms with Gasteiger partial charge in [-0.3, -0.25) is 0 Å². The van der Waals surface area contributed by atoms with E-state index in [-0.39, 0.29) is 0 Å². The summed E-state index contributed by atoms with van der Waals surface area (Å²) in [5.41, 5.74) is 9.32. The highest BCUT2D eigenvalue weighted by molar-refractivity contribution is 7.11. The van der Waals surface area contributed by atoms with Crippen molar-refractivity contribution in [3.63, 3.8) is 0 Å². The third-order valence-corrected chi connectivity index (χ3v) is 4.03. The first-order valence-corrected chi connectivity index (χ1v) is 6.73. The molecule has 0 amide bonds. The Labute approximate surface area is 110 Å². The molecule has 0 aliphatic heterocycles. The first-order valence-electron chi connectivity index (χ1n) is 5.91. The number of hydrogen-bond donors (Lipinski definition) is 1. The van der Waals surface area contributed by atoms with Gasteiger partial charge in [-0.15, -0.1) is 11.3 Å². The third-order valence-electron chi connectivity index (χ3n) is 3.04. The number of nitrogen functional groups attached to an aromatic ring is 1. The molecule has 4 heteroatoms. The van der Waals surface area contributed by atoms with Gasteiger partial charge in [-0.2, -0.15) is 0 Å². The van der Waals surface area contributed by atoms with Gasteiger partial charge in [0.1, 0.15) is 0 Å². The van der Waals surface area contributed by atoms with Gasteiger partial charge in [0.15, 0.2) is 0 Å². The summed E-state index contributed by atoms with van der Waals surface area (Å²) in [6.07, 6.45) is 0. The number of aromatic nitrogens is 2. The molecule has 0 spiro atoms. The molecule has 0 radical (unpaired) electrons. The van der Waals surface area contributed by atoms with Crippen molar-refractivity contribution in [2.75, 3.05) is 5.73 Å². The molecule has 3 aromatic rings. The second-order valence-corrected chi connectivity index (χ2v) is 5.93.